The molecule has 4 heteroatoms. The zero-order chi connectivity index (χ0) is 16.2. The SMILES string of the molecule is C[C@H](Oc1ccc2ccccc2c1)C(=O)Nc1ccccc1Br. The second-order valence-electron chi connectivity index (χ2n) is 5.24. The van der Waals surface area contributed by atoms with E-state index in [-0.39, 0.29) is 5.91 Å². The highest BCUT2D eigenvalue weighted by Crippen LogP contribution is 2.23. The lowest BCUT2D eigenvalue weighted by Crippen LogP contribution is -2.30. The quantitative estimate of drug-likeness (QED) is 0.701. The van der Waals surface area contributed by atoms with Crippen LogP contribution in [0.4, 0.5) is 5.69 Å². The minimum atomic E-state index is -0.594. The predicted octanol–water partition coefficient (Wildman–Crippen LogP) is 5.01. The van der Waals surface area contributed by atoms with E-state index in [0.29, 0.717) is 5.75 Å². The van der Waals surface area contributed by atoms with Crippen molar-refractivity contribution < 1.29 is 9.53 Å². The number of carbonyl (C=O) groups is 1. The normalized spacial score (nSPS) is 11.9. The summed E-state index contributed by atoms with van der Waals surface area (Å²) >= 11 is 3.41. The van der Waals surface area contributed by atoms with Gasteiger partial charge in [-0.15, -0.1) is 0 Å². The number of hydrogen-bond acceptors (Lipinski definition) is 2. The van der Waals surface area contributed by atoms with E-state index in [9.17, 15) is 4.79 Å². The Hall–Kier alpha value is -2.33. The van der Waals surface area contributed by atoms with Crippen molar-refractivity contribution in [3.63, 3.8) is 0 Å². The van der Waals surface area contributed by atoms with Crippen LogP contribution >= 0.6 is 15.9 Å². The first-order valence-electron chi connectivity index (χ1n) is 7.34. The van der Waals surface area contributed by atoms with Crippen LogP contribution in [0.5, 0.6) is 5.75 Å². The number of rotatable bonds is 4. The van der Waals surface area contributed by atoms with Crippen LogP contribution in [0.25, 0.3) is 10.8 Å². The summed E-state index contributed by atoms with van der Waals surface area (Å²) in [7, 11) is 0. The number of carbonyl (C=O) groups excluding carboxylic acids is 1. The molecular weight excluding hydrogens is 354 g/mol. The molecule has 0 saturated carbocycles. The number of fused-ring (bicyclic) bond motifs is 1. The van der Waals surface area contributed by atoms with E-state index in [2.05, 4.69) is 21.2 Å². The Morgan fingerprint density at radius 2 is 1.70 bits per heavy atom. The van der Waals surface area contributed by atoms with E-state index < -0.39 is 6.10 Å². The molecule has 0 aliphatic heterocycles. The highest BCUT2D eigenvalue weighted by molar-refractivity contribution is 9.10. The standard InChI is InChI=1S/C19H16BrNO2/c1-13(19(22)21-18-9-5-4-8-17(18)20)23-16-11-10-14-6-2-3-7-15(14)12-16/h2-13H,1H3,(H,21,22)/t13-/m0/s1. The first kappa shape index (κ1) is 15.6. The molecule has 1 amide bonds. The van der Waals surface area contributed by atoms with E-state index in [4.69, 9.17) is 4.74 Å². The fourth-order valence-corrected chi connectivity index (χ4v) is 2.68. The molecule has 0 fully saturated rings. The van der Waals surface area contributed by atoms with Gasteiger partial charge in [-0.3, -0.25) is 4.79 Å². The Morgan fingerprint density at radius 3 is 2.48 bits per heavy atom. The summed E-state index contributed by atoms with van der Waals surface area (Å²) < 4.78 is 6.61. The van der Waals surface area contributed by atoms with Gasteiger partial charge in [-0.1, -0.05) is 42.5 Å². The van der Waals surface area contributed by atoms with Gasteiger partial charge >= 0.3 is 0 Å². The van der Waals surface area contributed by atoms with Crippen LogP contribution in [0.3, 0.4) is 0 Å². The molecule has 116 valence electrons. The van der Waals surface area contributed by atoms with E-state index in [1.54, 1.807) is 6.92 Å². The Morgan fingerprint density at radius 1 is 1.00 bits per heavy atom. The average Bonchev–Trinajstić information content (AvgIpc) is 2.56. The number of anilines is 1. The molecule has 1 atom stereocenters. The molecule has 0 bridgehead atoms. The third kappa shape index (κ3) is 3.71. The number of para-hydroxylation sites is 1. The van der Waals surface area contributed by atoms with Gasteiger partial charge in [-0.05, 0) is 57.9 Å². The van der Waals surface area contributed by atoms with Gasteiger partial charge in [0.2, 0.25) is 0 Å². The van der Waals surface area contributed by atoms with Crippen molar-refractivity contribution in [3.8, 4) is 5.75 Å². The lowest BCUT2D eigenvalue weighted by atomic mass is 10.1. The zero-order valence-electron chi connectivity index (χ0n) is 12.6. The lowest BCUT2D eigenvalue weighted by molar-refractivity contribution is -0.122. The number of halogens is 1. The largest absolute Gasteiger partial charge is 0.481 e. The number of benzene rings is 3. The van der Waals surface area contributed by atoms with E-state index in [1.807, 2.05) is 66.7 Å². The van der Waals surface area contributed by atoms with Gasteiger partial charge in [0.25, 0.3) is 5.91 Å². The molecule has 0 aliphatic rings. The Kier molecular flexibility index (Phi) is 4.63. The van der Waals surface area contributed by atoms with Crippen molar-refractivity contribution in [2.75, 3.05) is 5.32 Å². The Balaban J connectivity index is 1.71. The first-order valence-corrected chi connectivity index (χ1v) is 8.13. The molecule has 1 N–H and O–H groups in total. The van der Waals surface area contributed by atoms with Crippen LogP contribution in [-0.4, -0.2) is 12.0 Å². The molecule has 3 aromatic carbocycles. The summed E-state index contributed by atoms with van der Waals surface area (Å²) in [4.78, 5) is 12.3. The van der Waals surface area contributed by atoms with E-state index >= 15 is 0 Å². The fourth-order valence-electron chi connectivity index (χ4n) is 2.30. The second-order valence-corrected chi connectivity index (χ2v) is 6.09. The van der Waals surface area contributed by atoms with Gasteiger partial charge in [0.1, 0.15) is 5.75 Å². The van der Waals surface area contributed by atoms with Gasteiger partial charge in [-0.2, -0.15) is 0 Å². The maximum Gasteiger partial charge on any atom is 0.265 e. The molecule has 0 aliphatic carbocycles. The maximum atomic E-state index is 12.3. The van der Waals surface area contributed by atoms with Crippen molar-refractivity contribution >= 4 is 38.3 Å². The molecule has 3 aromatic rings. The second kappa shape index (κ2) is 6.84. The minimum Gasteiger partial charge on any atom is -0.481 e. The summed E-state index contributed by atoms with van der Waals surface area (Å²) in [6, 6.07) is 21.3. The van der Waals surface area contributed by atoms with Crippen molar-refractivity contribution in [2.45, 2.75) is 13.0 Å². The minimum absolute atomic E-state index is 0.190. The third-order valence-electron chi connectivity index (χ3n) is 3.53. The summed E-state index contributed by atoms with van der Waals surface area (Å²) in [5.41, 5.74) is 0.728. The smallest absolute Gasteiger partial charge is 0.265 e. The lowest BCUT2D eigenvalue weighted by Gasteiger charge is -2.15. The molecule has 3 nitrogen and oxygen atoms in total. The summed E-state index contributed by atoms with van der Waals surface area (Å²) in [6.45, 7) is 1.74. The van der Waals surface area contributed by atoms with Gasteiger partial charge < -0.3 is 10.1 Å². The average molecular weight is 370 g/mol. The molecule has 0 saturated heterocycles. The zero-order valence-corrected chi connectivity index (χ0v) is 14.2. The van der Waals surface area contributed by atoms with E-state index in [0.717, 1.165) is 20.9 Å². The number of nitrogens with one attached hydrogen (secondary N) is 1. The molecule has 3 rings (SSSR count). The number of hydrogen-bond donors (Lipinski definition) is 1. The van der Waals surface area contributed by atoms with Crippen LogP contribution in [0.1, 0.15) is 6.92 Å². The molecule has 23 heavy (non-hydrogen) atoms. The molecule has 0 unspecified atom stereocenters. The first-order chi connectivity index (χ1) is 11.1. The highest BCUT2D eigenvalue weighted by atomic mass is 79.9. The fraction of sp³-hybridized carbons (Fsp3) is 0.105. The summed E-state index contributed by atoms with van der Waals surface area (Å²) in [5.74, 6) is 0.489. The summed E-state index contributed by atoms with van der Waals surface area (Å²) in [5, 5.41) is 5.09. The topological polar surface area (TPSA) is 38.3 Å². The van der Waals surface area contributed by atoms with Gasteiger partial charge in [0, 0.05) is 4.47 Å². The van der Waals surface area contributed by atoms with Crippen LogP contribution in [0, 0.1) is 0 Å². The van der Waals surface area contributed by atoms with Crippen molar-refractivity contribution in [2.24, 2.45) is 0 Å². The predicted molar refractivity (Wildman–Crippen MR) is 96.8 cm³/mol. The van der Waals surface area contributed by atoms with Gasteiger partial charge in [0.05, 0.1) is 5.69 Å². The van der Waals surface area contributed by atoms with Crippen molar-refractivity contribution in [1.82, 2.24) is 0 Å². The monoisotopic (exact) mass is 369 g/mol. The molecule has 0 radical (unpaired) electrons. The Labute approximate surface area is 143 Å². The van der Waals surface area contributed by atoms with E-state index in [1.165, 1.54) is 0 Å². The maximum absolute atomic E-state index is 12.3. The molecule has 0 heterocycles. The van der Waals surface area contributed by atoms with Gasteiger partial charge in [0.15, 0.2) is 6.10 Å². The number of amides is 1. The van der Waals surface area contributed by atoms with Crippen LogP contribution in [-0.2, 0) is 4.79 Å². The molecule has 0 aromatic heterocycles. The van der Waals surface area contributed by atoms with Crippen LogP contribution < -0.4 is 10.1 Å². The highest BCUT2D eigenvalue weighted by Gasteiger charge is 2.16. The van der Waals surface area contributed by atoms with Crippen LogP contribution in [0.2, 0.25) is 0 Å². The molecular formula is C19H16BrNO2. The van der Waals surface area contributed by atoms with Gasteiger partial charge in [-0.25, -0.2) is 0 Å². The van der Waals surface area contributed by atoms with Crippen molar-refractivity contribution in [1.29, 1.82) is 0 Å². The third-order valence-corrected chi connectivity index (χ3v) is 4.23. The molecule has 0 spiro atoms. The Bertz CT molecular complexity index is 847. The number of ether oxygens (including phenoxy) is 1. The van der Waals surface area contributed by atoms with Crippen LogP contribution in [0.15, 0.2) is 71.2 Å². The van der Waals surface area contributed by atoms with Crippen molar-refractivity contribution in [3.05, 3.63) is 71.2 Å². The summed E-state index contributed by atoms with van der Waals surface area (Å²) in [6.07, 6.45) is -0.594.